The zero-order chi connectivity index (χ0) is 15.6. The Hall–Kier alpha value is -0.890. The summed E-state index contributed by atoms with van der Waals surface area (Å²) in [7, 11) is -3.75. The van der Waals surface area contributed by atoms with E-state index in [2.05, 4.69) is 36.6 Å². The molecule has 2 aromatic carbocycles. The number of sulfonamides is 1. The predicted octanol–water partition coefficient (Wildman–Crippen LogP) is 3.81. The zero-order valence-corrected chi connectivity index (χ0v) is 15.1. The summed E-state index contributed by atoms with van der Waals surface area (Å²) < 4.78 is 28.7. The first-order chi connectivity index (χ1) is 9.83. The van der Waals surface area contributed by atoms with Gasteiger partial charge in [-0.15, -0.1) is 0 Å². The SMILES string of the molecule is Cc1ccc(Br)c(NS(=O)(=O)c2cc(CO)ccc2Br)c1. The van der Waals surface area contributed by atoms with E-state index in [0.29, 0.717) is 20.2 Å². The minimum Gasteiger partial charge on any atom is -0.392 e. The molecule has 7 heteroatoms. The van der Waals surface area contributed by atoms with Crippen molar-refractivity contribution < 1.29 is 13.5 Å². The first-order valence-electron chi connectivity index (χ1n) is 6.02. The average molecular weight is 435 g/mol. The second kappa shape index (κ2) is 6.48. The molecule has 112 valence electrons. The number of aliphatic hydroxyl groups is 1. The molecule has 0 aliphatic rings. The summed E-state index contributed by atoms with van der Waals surface area (Å²) in [6.07, 6.45) is 0. The Morgan fingerprint density at radius 2 is 1.76 bits per heavy atom. The Bertz CT molecular complexity index is 776. The highest BCUT2D eigenvalue weighted by atomic mass is 79.9. The Morgan fingerprint density at radius 3 is 2.43 bits per heavy atom. The quantitative estimate of drug-likeness (QED) is 0.768. The minimum atomic E-state index is -3.75. The van der Waals surface area contributed by atoms with Gasteiger partial charge in [0.2, 0.25) is 0 Å². The van der Waals surface area contributed by atoms with Crippen molar-refractivity contribution in [1.29, 1.82) is 0 Å². The normalized spacial score (nSPS) is 11.4. The minimum absolute atomic E-state index is 0.0856. The van der Waals surface area contributed by atoms with Crippen LogP contribution in [-0.4, -0.2) is 13.5 Å². The number of benzene rings is 2. The van der Waals surface area contributed by atoms with Gasteiger partial charge < -0.3 is 5.11 Å². The van der Waals surface area contributed by atoms with E-state index in [0.717, 1.165) is 5.56 Å². The van der Waals surface area contributed by atoms with Gasteiger partial charge >= 0.3 is 0 Å². The molecule has 0 saturated heterocycles. The highest BCUT2D eigenvalue weighted by molar-refractivity contribution is 9.11. The van der Waals surface area contributed by atoms with Crippen molar-refractivity contribution in [1.82, 2.24) is 0 Å². The van der Waals surface area contributed by atoms with Gasteiger partial charge in [-0.05, 0) is 74.2 Å². The molecule has 2 N–H and O–H groups in total. The molecule has 0 spiro atoms. The van der Waals surface area contributed by atoms with Gasteiger partial charge in [-0.1, -0.05) is 12.1 Å². The van der Waals surface area contributed by atoms with Crippen LogP contribution in [0.3, 0.4) is 0 Å². The van der Waals surface area contributed by atoms with Crippen LogP contribution in [0.15, 0.2) is 50.2 Å². The summed E-state index contributed by atoms with van der Waals surface area (Å²) in [5.74, 6) is 0. The van der Waals surface area contributed by atoms with Crippen LogP contribution in [0.25, 0.3) is 0 Å². The fourth-order valence-corrected chi connectivity index (χ4v) is 4.33. The molecular weight excluding hydrogens is 422 g/mol. The van der Waals surface area contributed by atoms with E-state index in [9.17, 15) is 8.42 Å². The van der Waals surface area contributed by atoms with Gasteiger partial charge in [0.05, 0.1) is 12.3 Å². The molecule has 21 heavy (non-hydrogen) atoms. The predicted molar refractivity (Wildman–Crippen MR) is 89.8 cm³/mol. The summed E-state index contributed by atoms with van der Waals surface area (Å²) in [5.41, 5.74) is 1.94. The first-order valence-corrected chi connectivity index (χ1v) is 9.08. The van der Waals surface area contributed by atoms with Gasteiger partial charge in [0.1, 0.15) is 4.90 Å². The lowest BCUT2D eigenvalue weighted by molar-refractivity contribution is 0.281. The zero-order valence-electron chi connectivity index (χ0n) is 11.1. The molecular formula is C14H13Br2NO3S. The number of anilines is 1. The smallest absolute Gasteiger partial charge is 0.263 e. The van der Waals surface area contributed by atoms with E-state index >= 15 is 0 Å². The van der Waals surface area contributed by atoms with Crippen LogP contribution in [0.2, 0.25) is 0 Å². The number of halogens is 2. The molecule has 0 bridgehead atoms. The maximum Gasteiger partial charge on any atom is 0.263 e. The van der Waals surface area contributed by atoms with Crippen molar-refractivity contribution in [3.05, 3.63) is 56.5 Å². The summed E-state index contributed by atoms with van der Waals surface area (Å²) in [4.78, 5) is 0.0856. The summed E-state index contributed by atoms with van der Waals surface area (Å²) >= 11 is 6.55. The summed E-state index contributed by atoms with van der Waals surface area (Å²) in [5, 5.41) is 9.15. The lowest BCUT2D eigenvalue weighted by Crippen LogP contribution is -2.14. The number of rotatable bonds is 4. The second-order valence-corrected chi connectivity index (χ2v) is 7.87. The Labute approximate surface area is 140 Å². The van der Waals surface area contributed by atoms with Crippen LogP contribution in [0.4, 0.5) is 5.69 Å². The number of aryl methyl sites for hydroxylation is 1. The third-order valence-corrected chi connectivity index (χ3v) is 5.88. The van der Waals surface area contributed by atoms with E-state index in [-0.39, 0.29) is 11.5 Å². The average Bonchev–Trinajstić information content (AvgIpc) is 2.43. The van der Waals surface area contributed by atoms with Crippen LogP contribution >= 0.6 is 31.9 Å². The fourth-order valence-electron chi connectivity index (χ4n) is 1.77. The van der Waals surface area contributed by atoms with Gasteiger partial charge in [0.25, 0.3) is 10.0 Å². The van der Waals surface area contributed by atoms with Crippen molar-refractivity contribution in [3.8, 4) is 0 Å². The Kier molecular flexibility index (Phi) is 5.08. The van der Waals surface area contributed by atoms with Crippen molar-refractivity contribution in [2.75, 3.05) is 4.72 Å². The highest BCUT2D eigenvalue weighted by Gasteiger charge is 2.19. The lowest BCUT2D eigenvalue weighted by Gasteiger charge is -2.12. The van der Waals surface area contributed by atoms with E-state index in [1.54, 1.807) is 24.3 Å². The maximum atomic E-state index is 12.5. The molecule has 0 amide bonds. The maximum absolute atomic E-state index is 12.5. The molecule has 0 saturated carbocycles. The van der Waals surface area contributed by atoms with E-state index in [4.69, 9.17) is 5.11 Å². The highest BCUT2D eigenvalue weighted by Crippen LogP contribution is 2.29. The topological polar surface area (TPSA) is 66.4 Å². The van der Waals surface area contributed by atoms with E-state index in [1.807, 2.05) is 13.0 Å². The number of aliphatic hydroxyl groups excluding tert-OH is 1. The van der Waals surface area contributed by atoms with Crippen LogP contribution in [0.5, 0.6) is 0 Å². The monoisotopic (exact) mass is 433 g/mol. The molecule has 0 unspecified atom stereocenters. The molecule has 0 aromatic heterocycles. The van der Waals surface area contributed by atoms with Crippen molar-refractivity contribution in [2.45, 2.75) is 18.4 Å². The second-order valence-electron chi connectivity index (χ2n) is 4.51. The van der Waals surface area contributed by atoms with Gasteiger partial charge in [-0.25, -0.2) is 8.42 Å². The summed E-state index contributed by atoms with van der Waals surface area (Å²) in [6.45, 7) is 1.66. The van der Waals surface area contributed by atoms with Crippen LogP contribution in [0, 0.1) is 6.92 Å². The van der Waals surface area contributed by atoms with E-state index in [1.165, 1.54) is 6.07 Å². The van der Waals surface area contributed by atoms with Gasteiger partial charge in [0, 0.05) is 8.95 Å². The largest absolute Gasteiger partial charge is 0.392 e. The van der Waals surface area contributed by atoms with Crippen molar-refractivity contribution in [2.24, 2.45) is 0 Å². The Balaban J connectivity index is 2.45. The third kappa shape index (κ3) is 3.85. The molecule has 2 aromatic rings. The van der Waals surface area contributed by atoms with Gasteiger partial charge in [-0.3, -0.25) is 4.72 Å². The fraction of sp³-hybridized carbons (Fsp3) is 0.143. The number of hydrogen-bond acceptors (Lipinski definition) is 3. The molecule has 0 aliphatic carbocycles. The van der Waals surface area contributed by atoms with Crippen LogP contribution < -0.4 is 4.72 Å². The van der Waals surface area contributed by atoms with Crippen LogP contribution in [0.1, 0.15) is 11.1 Å². The van der Waals surface area contributed by atoms with E-state index < -0.39 is 10.0 Å². The number of nitrogens with one attached hydrogen (secondary N) is 1. The molecule has 0 heterocycles. The van der Waals surface area contributed by atoms with Crippen molar-refractivity contribution in [3.63, 3.8) is 0 Å². The molecule has 0 fully saturated rings. The standard InChI is InChI=1S/C14H13Br2NO3S/c1-9-2-4-11(15)13(6-9)17-21(19,20)14-7-10(8-18)3-5-12(14)16/h2-7,17-18H,8H2,1H3. The molecule has 0 radical (unpaired) electrons. The molecule has 4 nitrogen and oxygen atoms in total. The van der Waals surface area contributed by atoms with Gasteiger partial charge in [-0.2, -0.15) is 0 Å². The molecule has 0 aliphatic heterocycles. The first kappa shape index (κ1) is 16.5. The van der Waals surface area contributed by atoms with Crippen molar-refractivity contribution >= 4 is 47.6 Å². The van der Waals surface area contributed by atoms with Crippen LogP contribution in [-0.2, 0) is 16.6 Å². The van der Waals surface area contributed by atoms with Gasteiger partial charge in [0.15, 0.2) is 0 Å². The molecule has 0 atom stereocenters. The summed E-state index contributed by atoms with van der Waals surface area (Å²) in [6, 6.07) is 10.1. The Morgan fingerprint density at radius 1 is 1.10 bits per heavy atom. The number of hydrogen-bond donors (Lipinski definition) is 2. The molecule has 2 rings (SSSR count). The lowest BCUT2D eigenvalue weighted by atomic mass is 10.2. The third-order valence-electron chi connectivity index (χ3n) is 2.83.